The molecule has 0 aromatic heterocycles. The molecule has 0 fully saturated rings. The summed E-state index contributed by atoms with van der Waals surface area (Å²) in [6.45, 7) is 10.1. The molecule has 0 unspecified atom stereocenters. The van der Waals surface area contributed by atoms with Crippen molar-refractivity contribution >= 4 is 11.8 Å². The fourth-order valence-corrected chi connectivity index (χ4v) is 3.44. The summed E-state index contributed by atoms with van der Waals surface area (Å²) < 4.78 is 11.8. The lowest BCUT2D eigenvalue weighted by Gasteiger charge is -2.11. The first-order valence-electron chi connectivity index (χ1n) is 9.48. The van der Waals surface area contributed by atoms with Gasteiger partial charge in [0.1, 0.15) is 13.2 Å². The highest BCUT2D eigenvalue weighted by atomic mass is 16.5. The molecule has 2 atom stereocenters. The average Bonchev–Trinajstić information content (AvgIpc) is 3.39. The highest BCUT2D eigenvalue weighted by molar-refractivity contribution is 6.06. The fraction of sp³-hybridized carbons (Fsp3) is 0.455. The molecule has 136 valence electrons. The molecule has 2 aliphatic carbocycles. The minimum atomic E-state index is 0.237. The predicted octanol–water partition coefficient (Wildman–Crippen LogP) is 4.18. The van der Waals surface area contributed by atoms with Gasteiger partial charge in [-0.2, -0.15) is 0 Å². The largest absolute Gasteiger partial charge is 0.475 e. The van der Waals surface area contributed by atoms with Crippen molar-refractivity contribution < 1.29 is 9.47 Å². The Balaban J connectivity index is 1.64. The Labute approximate surface area is 155 Å². The molecule has 0 spiro atoms. The van der Waals surface area contributed by atoms with Crippen LogP contribution in [0.1, 0.15) is 27.7 Å². The molecule has 0 saturated heterocycles. The summed E-state index contributed by atoms with van der Waals surface area (Å²) in [7, 11) is 0. The van der Waals surface area contributed by atoms with E-state index in [1.807, 2.05) is 0 Å². The average molecular weight is 350 g/mol. The Kier molecular flexibility index (Phi) is 4.43. The molecule has 4 heteroatoms. The molecule has 0 N–H and O–H groups in total. The molecule has 0 amide bonds. The van der Waals surface area contributed by atoms with Gasteiger partial charge in [0.15, 0.2) is 0 Å². The lowest BCUT2D eigenvalue weighted by atomic mass is 9.98. The summed E-state index contributed by atoms with van der Waals surface area (Å²) >= 11 is 0. The molecular weight excluding hydrogens is 324 g/mol. The number of rotatable bonds is 4. The summed E-state index contributed by atoms with van der Waals surface area (Å²) in [4.78, 5) is 9.59. The Bertz CT molecular complexity index is 751. The summed E-state index contributed by atoms with van der Waals surface area (Å²) in [6.07, 6.45) is 12.5. The Morgan fingerprint density at radius 2 is 1.19 bits per heavy atom. The van der Waals surface area contributed by atoms with Crippen LogP contribution in [0.15, 0.2) is 68.7 Å². The minimum absolute atomic E-state index is 0.237. The summed E-state index contributed by atoms with van der Waals surface area (Å²) in [5, 5.41) is 0. The van der Waals surface area contributed by atoms with Crippen LogP contribution in [0.3, 0.4) is 0 Å². The first kappa shape index (κ1) is 17.1. The molecule has 4 nitrogen and oxygen atoms in total. The van der Waals surface area contributed by atoms with Gasteiger partial charge in [0.25, 0.3) is 0 Å². The lowest BCUT2D eigenvalue weighted by Crippen LogP contribution is -2.13. The van der Waals surface area contributed by atoms with Crippen molar-refractivity contribution in [2.45, 2.75) is 39.8 Å². The van der Waals surface area contributed by atoms with E-state index in [1.54, 1.807) is 0 Å². The van der Waals surface area contributed by atoms with Crippen LogP contribution in [-0.2, 0) is 9.47 Å². The molecule has 2 heterocycles. The van der Waals surface area contributed by atoms with E-state index in [0.29, 0.717) is 25.0 Å². The molecule has 0 radical (unpaired) electrons. The smallest absolute Gasteiger partial charge is 0.217 e. The third-order valence-corrected chi connectivity index (χ3v) is 5.27. The number of ether oxygens (including phenoxy) is 2. The molecule has 26 heavy (non-hydrogen) atoms. The van der Waals surface area contributed by atoms with Crippen molar-refractivity contribution in [3.8, 4) is 0 Å². The molecule has 2 aliphatic heterocycles. The van der Waals surface area contributed by atoms with Gasteiger partial charge in [-0.25, -0.2) is 9.98 Å². The van der Waals surface area contributed by atoms with E-state index in [2.05, 4.69) is 64.2 Å². The first-order valence-corrected chi connectivity index (χ1v) is 9.48. The van der Waals surface area contributed by atoms with Crippen LogP contribution in [0.4, 0.5) is 0 Å². The maximum Gasteiger partial charge on any atom is 0.217 e. The van der Waals surface area contributed by atoms with E-state index in [4.69, 9.17) is 19.5 Å². The zero-order chi connectivity index (χ0) is 18.3. The van der Waals surface area contributed by atoms with Gasteiger partial charge in [-0.1, -0.05) is 52.0 Å². The van der Waals surface area contributed by atoms with Crippen LogP contribution in [0.2, 0.25) is 0 Å². The minimum Gasteiger partial charge on any atom is -0.475 e. The third kappa shape index (κ3) is 2.98. The quantitative estimate of drug-likeness (QED) is 0.763. The van der Waals surface area contributed by atoms with Crippen molar-refractivity contribution in [3.05, 3.63) is 58.7 Å². The van der Waals surface area contributed by atoms with E-state index in [1.165, 1.54) is 0 Å². The molecule has 0 saturated carbocycles. The van der Waals surface area contributed by atoms with Crippen LogP contribution in [0.5, 0.6) is 0 Å². The third-order valence-electron chi connectivity index (χ3n) is 5.27. The zero-order valence-corrected chi connectivity index (χ0v) is 15.9. The molecule has 0 aromatic carbocycles. The van der Waals surface area contributed by atoms with Gasteiger partial charge in [0, 0.05) is 11.1 Å². The highest BCUT2D eigenvalue weighted by Crippen LogP contribution is 2.34. The van der Waals surface area contributed by atoms with Crippen molar-refractivity contribution in [1.29, 1.82) is 0 Å². The van der Waals surface area contributed by atoms with Gasteiger partial charge in [0.05, 0.1) is 12.1 Å². The van der Waals surface area contributed by atoms with Gasteiger partial charge in [0.2, 0.25) is 11.8 Å². The second kappa shape index (κ2) is 6.75. The fourth-order valence-electron chi connectivity index (χ4n) is 3.44. The second-order valence-corrected chi connectivity index (χ2v) is 7.82. The number of hydrogen-bond acceptors (Lipinski definition) is 4. The van der Waals surface area contributed by atoms with E-state index in [0.717, 1.165) is 34.1 Å². The topological polar surface area (TPSA) is 43.2 Å². The monoisotopic (exact) mass is 350 g/mol. The first-order chi connectivity index (χ1) is 12.5. The lowest BCUT2D eigenvalue weighted by molar-refractivity contribution is 0.291. The summed E-state index contributed by atoms with van der Waals surface area (Å²) in [5.74, 6) is 2.47. The van der Waals surface area contributed by atoms with Crippen LogP contribution < -0.4 is 0 Å². The van der Waals surface area contributed by atoms with Crippen LogP contribution in [0.25, 0.3) is 0 Å². The zero-order valence-electron chi connectivity index (χ0n) is 15.9. The van der Waals surface area contributed by atoms with Gasteiger partial charge >= 0.3 is 0 Å². The van der Waals surface area contributed by atoms with E-state index in [-0.39, 0.29) is 12.1 Å². The van der Waals surface area contributed by atoms with Gasteiger partial charge in [-0.15, -0.1) is 0 Å². The molecule has 0 bridgehead atoms. The Morgan fingerprint density at radius 3 is 1.54 bits per heavy atom. The predicted molar refractivity (Wildman–Crippen MR) is 105 cm³/mol. The van der Waals surface area contributed by atoms with Crippen LogP contribution in [0, 0.1) is 11.8 Å². The van der Waals surface area contributed by atoms with Gasteiger partial charge < -0.3 is 9.47 Å². The normalized spacial score (nSPS) is 29.9. The highest BCUT2D eigenvalue weighted by Gasteiger charge is 2.31. The van der Waals surface area contributed by atoms with E-state index < -0.39 is 0 Å². The Morgan fingerprint density at radius 1 is 0.769 bits per heavy atom. The number of nitrogens with zero attached hydrogens (tertiary/aromatic N) is 2. The second-order valence-electron chi connectivity index (χ2n) is 7.82. The molecular formula is C22H26N2O2. The molecule has 0 aromatic rings. The summed E-state index contributed by atoms with van der Waals surface area (Å²) in [6, 6.07) is 0.474. The van der Waals surface area contributed by atoms with Gasteiger partial charge in [-0.3, -0.25) is 0 Å². The maximum absolute atomic E-state index is 5.91. The summed E-state index contributed by atoms with van der Waals surface area (Å²) in [5.41, 5.74) is 4.37. The molecule has 4 aliphatic rings. The maximum atomic E-state index is 5.91. The van der Waals surface area contributed by atoms with E-state index in [9.17, 15) is 0 Å². The van der Waals surface area contributed by atoms with Crippen molar-refractivity contribution in [2.75, 3.05) is 13.2 Å². The SMILES string of the molecule is CC(C)[C@H]1COC(C2=CC=C/C2=C2/C=CC=C2C2=N[C@@H](C(C)C)CO2)=N1. The van der Waals surface area contributed by atoms with Crippen molar-refractivity contribution in [2.24, 2.45) is 21.8 Å². The van der Waals surface area contributed by atoms with E-state index >= 15 is 0 Å². The van der Waals surface area contributed by atoms with Crippen LogP contribution in [-0.4, -0.2) is 37.1 Å². The number of allylic oxidation sites excluding steroid dienone is 6. The molecule has 4 rings (SSSR count). The standard InChI is InChI=1S/C22H26N2O2/c1-13(2)19-11-25-21(23-19)17-9-5-7-15(17)16-8-6-10-18(16)22-24-20(12-26-22)14(3)4/h5-10,13-14,19-20H,11-12H2,1-4H3/b16-15+/t19-,20-/m1/s1. The van der Waals surface area contributed by atoms with Crippen molar-refractivity contribution in [3.63, 3.8) is 0 Å². The number of aliphatic imine (C=N–C) groups is 2. The van der Waals surface area contributed by atoms with Gasteiger partial charge in [-0.05, 0) is 35.1 Å². The van der Waals surface area contributed by atoms with Crippen molar-refractivity contribution in [1.82, 2.24) is 0 Å². The Hall–Kier alpha value is -2.36. The number of hydrogen-bond donors (Lipinski definition) is 0. The van der Waals surface area contributed by atoms with Crippen LogP contribution >= 0.6 is 0 Å².